The van der Waals surface area contributed by atoms with Crippen LogP contribution in [0.15, 0.2) is 29.0 Å². The van der Waals surface area contributed by atoms with Gasteiger partial charge in [0.05, 0.1) is 18.0 Å². The van der Waals surface area contributed by atoms with Gasteiger partial charge in [0.2, 0.25) is 5.91 Å². The Labute approximate surface area is 163 Å². The Morgan fingerprint density at radius 2 is 1.93 bits per heavy atom. The van der Waals surface area contributed by atoms with E-state index in [4.69, 9.17) is 10.5 Å². The molecule has 0 saturated heterocycles. The molecule has 0 aliphatic heterocycles. The van der Waals surface area contributed by atoms with E-state index in [1.54, 1.807) is 11.4 Å². The molecular formula is C17H19N3O5S2. The molecule has 2 rings (SSSR count). The molecule has 2 aromatic heterocycles. The largest absolute Gasteiger partial charge is 0.452 e. The highest BCUT2D eigenvalue weighted by Gasteiger charge is 2.24. The minimum atomic E-state index is -1.08. The number of thiophene rings is 2. The van der Waals surface area contributed by atoms with Gasteiger partial charge in [-0.05, 0) is 29.8 Å². The van der Waals surface area contributed by atoms with Crippen LogP contribution in [0.4, 0.5) is 5.00 Å². The Kier molecular flexibility index (Phi) is 7.08. The number of carbonyl (C=O) groups excluding carboxylic acids is 4. The molecule has 2 atom stereocenters. The quantitative estimate of drug-likeness (QED) is 0.575. The predicted molar refractivity (Wildman–Crippen MR) is 103 cm³/mol. The van der Waals surface area contributed by atoms with Crippen LogP contribution in [0.3, 0.4) is 0 Å². The van der Waals surface area contributed by atoms with Gasteiger partial charge in [0.15, 0.2) is 6.10 Å². The average molecular weight is 409 g/mol. The van der Waals surface area contributed by atoms with Gasteiger partial charge in [-0.2, -0.15) is 0 Å². The molecule has 0 radical (unpaired) electrons. The van der Waals surface area contributed by atoms with Crippen LogP contribution in [0.2, 0.25) is 0 Å². The van der Waals surface area contributed by atoms with Crippen LogP contribution in [0, 0.1) is 0 Å². The number of hydrogen-bond acceptors (Lipinski definition) is 7. The smallest absolute Gasteiger partial charge is 0.309 e. The van der Waals surface area contributed by atoms with E-state index in [9.17, 15) is 19.2 Å². The SMILES string of the molecule is CC(=O)NC(CC(=O)OC(C)C(=O)Nc1sccc1C(N)=O)c1cccs1. The van der Waals surface area contributed by atoms with Gasteiger partial charge >= 0.3 is 5.97 Å². The van der Waals surface area contributed by atoms with Crippen LogP contribution in [0.1, 0.15) is 41.5 Å². The fourth-order valence-electron chi connectivity index (χ4n) is 2.24. The Balaban J connectivity index is 1.95. The Bertz CT molecular complexity index is 832. The molecule has 2 heterocycles. The number of carbonyl (C=O) groups is 4. The lowest BCUT2D eigenvalue weighted by Crippen LogP contribution is -2.33. The zero-order chi connectivity index (χ0) is 20.0. The van der Waals surface area contributed by atoms with E-state index in [2.05, 4.69) is 10.6 Å². The summed E-state index contributed by atoms with van der Waals surface area (Å²) in [6.45, 7) is 2.78. The van der Waals surface area contributed by atoms with Crippen molar-refractivity contribution >= 4 is 51.4 Å². The van der Waals surface area contributed by atoms with Crippen molar-refractivity contribution < 1.29 is 23.9 Å². The second kappa shape index (κ2) is 9.28. The molecular weight excluding hydrogens is 390 g/mol. The van der Waals surface area contributed by atoms with Crippen LogP contribution >= 0.6 is 22.7 Å². The van der Waals surface area contributed by atoms with E-state index in [1.165, 1.54) is 31.3 Å². The highest BCUT2D eigenvalue weighted by molar-refractivity contribution is 7.14. The molecule has 2 aromatic rings. The molecule has 0 aliphatic rings. The standard InChI is InChI=1S/C17H19N3O5S2/c1-9(16(24)20-17-11(15(18)23)5-7-27-17)25-14(22)8-12(19-10(2)21)13-4-3-6-26-13/h3-7,9,12H,8H2,1-2H3,(H2,18,23)(H,19,21)(H,20,24). The number of hydrogen-bond donors (Lipinski definition) is 3. The molecule has 27 heavy (non-hydrogen) atoms. The third-order valence-corrected chi connectivity index (χ3v) is 5.30. The van der Waals surface area contributed by atoms with Gasteiger partial charge in [-0.1, -0.05) is 6.07 Å². The first kappa shape index (κ1) is 20.6. The molecule has 0 saturated carbocycles. The number of anilines is 1. The fraction of sp³-hybridized carbons (Fsp3) is 0.294. The first-order chi connectivity index (χ1) is 12.8. The van der Waals surface area contributed by atoms with Gasteiger partial charge < -0.3 is 21.1 Å². The Hall–Kier alpha value is -2.72. The Morgan fingerprint density at radius 3 is 2.52 bits per heavy atom. The number of esters is 1. The summed E-state index contributed by atoms with van der Waals surface area (Å²) in [4.78, 5) is 47.9. The zero-order valence-corrected chi connectivity index (χ0v) is 16.3. The van der Waals surface area contributed by atoms with Gasteiger partial charge in [0.1, 0.15) is 5.00 Å². The van der Waals surface area contributed by atoms with E-state index in [-0.39, 0.29) is 17.9 Å². The second-order valence-electron chi connectivity index (χ2n) is 5.62. The van der Waals surface area contributed by atoms with E-state index >= 15 is 0 Å². The number of primary amides is 1. The van der Waals surface area contributed by atoms with E-state index in [1.807, 2.05) is 11.4 Å². The van der Waals surface area contributed by atoms with Crippen molar-refractivity contribution in [1.82, 2.24) is 5.32 Å². The van der Waals surface area contributed by atoms with Crippen molar-refractivity contribution in [3.05, 3.63) is 39.4 Å². The van der Waals surface area contributed by atoms with Crippen molar-refractivity contribution in [2.75, 3.05) is 5.32 Å². The zero-order valence-electron chi connectivity index (χ0n) is 14.7. The van der Waals surface area contributed by atoms with Crippen LogP contribution in [0.25, 0.3) is 0 Å². The summed E-state index contributed by atoms with van der Waals surface area (Å²) in [5, 5.41) is 8.97. The molecule has 0 spiro atoms. The van der Waals surface area contributed by atoms with E-state index in [0.717, 1.165) is 16.2 Å². The molecule has 0 fully saturated rings. The third kappa shape index (κ3) is 5.90. The minimum absolute atomic E-state index is 0.108. The summed E-state index contributed by atoms with van der Waals surface area (Å²) < 4.78 is 5.16. The summed E-state index contributed by atoms with van der Waals surface area (Å²) in [6, 6.07) is 4.59. The number of rotatable bonds is 8. The maximum atomic E-state index is 12.2. The van der Waals surface area contributed by atoms with Crippen molar-refractivity contribution in [1.29, 1.82) is 0 Å². The monoisotopic (exact) mass is 409 g/mol. The van der Waals surface area contributed by atoms with Gasteiger partial charge in [0.25, 0.3) is 11.8 Å². The second-order valence-corrected chi connectivity index (χ2v) is 7.52. The van der Waals surface area contributed by atoms with E-state index in [0.29, 0.717) is 5.00 Å². The lowest BCUT2D eigenvalue weighted by atomic mass is 10.1. The van der Waals surface area contributed by atoms with Crippen LogP contribution in [-0.2, 0) is 19.1 Å². The van der Waals surface area contributed by atoms with E-state index < -0.39 is 29.9 Å². The highest BCUT2D eigenvalue weighted by Crippen LogP contribution is 2.24. The van der Waals surface area contributed by atoms with Gasteiger partial charge in [-0.25, -0.2) is 0 Å². The van der Waals surface area contributed by atoms with Crippen molar-refractivity contribution in [3.8, 4) is 0 Å². The molecule has 0 aliphatic carbocycles. The number of nitrogens with one attached hydrogen (secondary N) is 2. The van der Waals surface area contributed by atoms with Crippen LogP contribution < -0.4 is 16.4 Å². The summed E-state index contributed by atoms with van der Waals surface area (Å²) in [5.74, 6) is -2.15. The maximum absolute atomic E-state index is 12.2. The fourth-order valence-corrected chi connectivity index (χ4v) is 3.81. The highest BCUT2D eigenvalue weighted by atomic mass is 32.1. The minimum Gasteiger partial charge on any atom is -0.452 e. The topological polar surface area (TPSA) is 128 Å². The normalized spacial score (nSPS) is 12.7. The molecule has 4 N–H and O–H groups in total. The first-order valence-corrected chi connectivity index (χ1v) is 9.72. The number of ether oxygens (including phenoxy) is 1. The van der Waals surface area contributed by atoms with Gasteiger partial charge in [0, 0.05) is 11.8 Å². The number of amides is 3. The first-order valence-electron chi connectivity index (χ1n) is 7.96. The van der Waals surface area contributed by atoms with Crippen LogP contribution in [0.5, 0.6) is 0 Å². The summed E-state index contributed by atoms with van der Waals surface area (Å²) in [5.41, 5.74) is 5.42. The molecule has 0 aromatic carbocycles. The molecule has 3 amide bonds. The summed E-state index contributed by atoms with van der Waals surface area (Å²) in [6.07, 6.45) is -1.19. The summed E-state index contributed by atoms with van der Waals surface area (Å²) >= 11 is 2.54. The molecule has 8 nitrogen and oxygen atoms in total. The van der Waals surface area contributed by atoms with Gasteiger partial charge in [-0.15, -0.1) is 22.7 Å². The molecule has 2 unspecified atom stereocenters. The van der Waals surface area contributed by atoms with Crippen LogP contribution in [-0.4, -0.2) is 29.8 Å². The molecule has 144 valence electrons. The maximum Gasteiger partial charge on any atom is 0.309 e. The lowest BCUT2D eigenvalue weighted by molar-refractivity contribution is -0.153. The third-order valence-electron chi connectivity index (χ3n) is 3.48. The Morgan fingerprint density at radius 1 is 1.19 bits per heavy atom. The average Bonchev–Trinajstić information content (AvgIpc) is 3.25. The molecule has 0 bridgehead atoms. The van der Waals surface area contributed by atoms with Crippen molar-refractivity contribution in [2.45, 2.75) is 32.4 Å². The summed E-state index contributed by atoms with van der Waals surface area (Å²) in [7, 11) is 0. The lowest BCUT2D eigenvalue weighted by Gasteiger charge is -2.18. The van der Waals surface area contributed by atoms with Crippen molar-refractivity contribution in [3.63, 3.8) is 0 Å². The van der Waals surface area contributed by atoms with Gasteiger partial charge in [-0.3, -0.25) is 19.2 Å². The van der Waals surface area contributed by atoms with Crippen molar-refractivity contribution in [2.24, 2.45) is 5.73 Å². The molecule has 10 heteroatoms. The number of nitrogens with two attached hydrogens (primary N) is 1. The predicted octanol–water partition coefficient (Wildman–Crippen LogP) is 2.05.